The zero-order chi connectivity index (χ0) is 35.0. The van der Waals surface area contributed by atoms with Crippen LogP contribution in [0.1, 0.15) is 52.6 Å². The normalized spacial score (nSPS) is 10.1. The van der Waals surface area contributed by atoms with Crippen LogP contribution in [-0.2, 0) is 22.7 Å². The molecule has 0 aliphatic carbocycles. The van der Waals surface area contributed by atoms with E-state index in [0.717, 1.165) is 11.1 Å². The van der Waals surface area contributed by atoms with Gasteiger partial charge in [0.2, 0.25) is 0 Å². The SMILES string of the molecule is O=C(OCc1ccccc1)c1ccccc1C(=O)OCc1ccccc1.O=C(Oc1ccccc1)c1ccccc1C(=O)Oc1ccccc1. The minimum atomic E-state index is -0.609. The first kappa shape index (κ1) is 34.5. The molecule has 0 bridgehead atoms. The van der Waals surface area contributed by atoms with Gasteiger partial charge in [0.05, 0.1) is 22.3 Å². The maximum absolute atomic E-state index is 12.4. The summed E-state index contributed by atoms with van der Waals surface area (Å²) in [6.07, 6.45) is 0. The third-order valence-electron chi connectivity index (χ3n) is 7.07. The molecule has 0 aromatic heterocycles. The monoisotopic (exact) mass is 664 g/mol. The maximum atomic E-state index is 12.4. The van der Waals surface area contributed by atoms with Gasteiger partial charge in [-0.15, -0.1) is 0 Å². The first-order valence-corrected chi connectivity index (χ1v) is 15.6. The number of hydrogen-bond acceptors (Lipinski definition) is 8. The zero-order valence-electron chi connectivity index (χ0n) is 26.8. The number of carbonyl (C=O) groups is 4. The molecule has 0 fully saturated rings. The molecule has 0 aliphatic rings. The molecule has 6 aromatic carbocycles. The van der Waals surface area contributed by atoms with Gasteiger partial charge in [0.25, 0.3) is 0 Å². The van der Waals surface area contributed by atoms with Crippen molar-refractivity contribution in [2.45, 2.75) is 13.2 Å². The summed E-state index contributed by atoms with van der Waals surface area (Å²) in [4.78, 5) is 49.5. The number of benzene rings is 6. The van der Waals surface area contributed by atoms with Gasteiger partial charge in [0, 0.05) is 0 Å². The van der Waals surface area contributed by atoms with Gasteiger partial charge in [0.1, 0.15) is 24.7 Å². The summed E-state index contributed by atoms with van der Waals surface area (Å²) in [6, 6.07) is 49.0. The molecule has 0 radical (unpaired) electrons. The van der Waals surface area contributed by atoms with Gasteiger partial charge in [-0.25, -0.2) is 19.2 Å². The highest BCUT2D eigenvalue weighted by Gasteiger charge is 2.21. The highest BCUT2D eigenvalue weighted by Crippen LogP contribution is 2.18. The third kappa shape index (κ3) is 10.1. The molecule has 0 unspecified atom stereocenters. The molecule has 6 aromatic rings. The van der Waals surface area contributed by atoms with Gasteiger partial charge in [-0.05, 0) is 59.7 Å². The van der Waals surface area contributed by atoms with Gasteiger partial charge >= 0.3 is 23.9 Å². The van der Waals surface area contributed by atoms with Crippen LogP contribution in [0, 0.1) is 0 Å². The largest absolute Gasteiger partial charge is 0.457 e. The number of hydrogen-bond donors (Lipinski definition) is 0. The van der Waals surface area contributed by atoms with Gasteiger partial charge in [-0.1, -0.05) is 121 Å². The number of para-hydroxylation sites is 2. The second-order valence-corrected chi connectivity index (χ2v) is 10.6. The summed E-state index contributed by atoms with van der Waals surface area (Å²) >= 11 is 0. The molecular weight excluding hydrogens is 632 g/mol. The highest BCUT2D eigenvalue weighted by molar-refractivity contribution is 6.04. The molecule has 0 amide bonds. The second kappa shape index (κ2) is 17.9. The van der Waals surface area contributed by atoms with Crippen molar-refractivity contribution in [3.05, 3.63) is 203 Å². The smallest absolute Gasteiger partial charge is 0.344 e. The van der Waals surface area contributed by atoms with E-state index in [9.17, 15) is 19.2 Å². The molecular formula is C42H32O8. The molecule has 0 N–H and O–H groups in total. The summed E-state index contributed by atoms with van der Waals surface area (Å²) in [5.41, 5.74) is 2.46. The molecule has 0 saturated carbocycles. The van der Waals surface area contributed by atoms with Crippen LogP contribution in [0.15, 0.2) is 170 Å². The van der Waals surface area contributed by atoms with E-state index in [1.165, 1.54) is 12.1 Å². The molecule has 6 rings (SSSR count). The second-order valence-electron chi connectivity index (χ2n) is 10.6. The predicted octanol–water partition coefficient (Wildman–Crippen LogP) is 8.53. The van der Waals surface area contributed by atoms with Crippen molar-refractivity contribution in [3.63, 3.8) is 0 Å². The van der Waals surface area contributed by atoms with E-state index in [4.69, 9.17) is 18.9 Å². The minimum Gasteiger partial charge on any atom is -0.457 e. The average molecular weight is 665 g/mol. The van der Waals surface area contributed by atoms with Crippen LogP contribution in [0.2, 0.25) is 0 Å². The zero-order valence-corrected chi connectivity index (χ0v) is 26.8. The number of rotatable bonds is 10. The van der Waals surface area contributed by atoms with Crippen LogP contribution in [-0.4, -0.2) is 23.9 Å². The summed E-state index contributed by atoms with van der Waals surface area (Å²) < 4.78 is 21.2. The van der Waals surface area contributed by atoms with Crippen LogP contribution in [0.3, 0.4) is 0 Å². The van der Waals surface area contributed by atoms with Crippen molar-refractivity contribution in [1.82, 2.24) is 0 Å². The van der Waals surface area contributed by atoms with E-state index in [-0.39, 0.29) is 35.5 Å². The van der Waals surface area contributed by atoms with Crippen LogP contribution in [0.4, 0.5) is 0 Å². The van der Waals surface area contributed by atoms with Gasteiger partial charge in [0.15, 0.2) is 0 Å². The summed E-state index contributed by atoms with van der Waals surface area (Å²) in [5, 5.41) is 0. The third-order valence-corrected chi connectivity index (χ3v) is 7.07. The first-order chi connectivity index (χ1) is 24.5. The van der Waals surface area contributed by atoms with Crippen molar-refractivity contribution in [3.8, 4) is 11.5 Å². The Balaban J connectivity index is 0.000000195. The summed E-state index contributed by atoms with van der Waals surface area (Å²) in [7, 11) is 0. The minimum absolute atomic E-state index is 0.146. The molecule has 0 saturated heterocycles. The summed E-state index contributed by atoms with van der Waals surface area (Å²) in [6.45, 7) is 0.292. The standard InChI is InChI=1S/C22H18O4.C20H14O4/c23-21(25-15-17-9-3-1-4-10-17)19-13-7-8-14-20(19)22(24)26-16-18-11-5-2-6-12-18;21-19(23-15-9-3-1-4-10-15)17-13-7-8-14-18(17)20(22)24-16-11-5-2-6-12-16/h1-14H,15-16H2;1-14H. The van der Waals surface area contributed by atoms with Crippen LogP contribution in [0.25, 0.3) is 0 Å². The van der Waals surface area contributed by atoms with E-state index in [1.54, 1.807) is 84.9 Å². The van der Waals surface area contributed by atoms with Crippen molar-refractivity contribution in [2.24, 2.45) is 0 Å². The number of ether oxygens (including phenoxy) is 4. The molecule has 0 spiro atoms. The average Bonchev–Trinajstić information content (AvgIpc) is 3.18. The van der Waals surface area contributed by atoms with Crippen LogP contribution >= 0.6 is 0 Å². The van der Waals surface area contributed by atoms with E-state index >= 15 is 0 Å². The van der Waals surface area contributed by atoms with Gasteiger partial charge < -0.3 is 18.9 Å². The van der Waals surface area contributed by atoms with Crippen molar-refractivity contribution in [1.29, 1.82) is 0 Å². The lowest BCUT2D eigenvalue weighted by Crippen LogP contribution is -2.17. The van der Waals surface area contributed by atoms with Gasteiger partial charge in [-0.3, -0.25) is 0 Å². The lowest BCUT2D eigenvalue weighted by Gasteiger charge is -2.10. The fraction of sp³-hybridized carbons (Fsp3) is 0.0476. The number of carbonyl (C=O) groups excluding carboxylic acids is 4. The van der Waals surface area contributed by atoms with Crippen LogP contribution in [0.5, 0.6) is 11.5 Å². The first-order valence-electron chi connectivity index (χ1n) is 15.6. The Kier molecular flexibility index (Phi) is 12.4. The fourth-order valence-electron chi connectivity index (χ4n) is 4.58. The Hall–Kier alpha value is -6.80. The Morgan fingerprint density at radius 1 is 0.320 bits per heavy atom. The fourth-order valence-corrected chi connectivity index (χ4v) is 4.58. The summed E-state index contributed by atoms with van der Waals surface area (Å²) in [5.74, 6) is -1.51. The number of esters is 4. The molecule has 8 heteroatoms. The quantitative estimate of drug-likeness (QED) is 0.106. The van der Waals surface area contributed by atoms with Gasteiger partial charge in [-0.2, -0.15) is 0 Å². The van der Waals surface area contributed by atoms with E-state index in [1.807, 2.05) is 72.8 Å². The highest BCUT2D eigenvalue weighted by atomic mass is 16.5. The molecule has 0 heterocycles. The Morgan fingerprint density at radius 3 is 0.900 bits per heavy atom. The van der Waals surface area contributed by atoms with Crippen LogP contribution < -0.4 is 9.47 Å². The van der Waals surface area contributed by atoms with E-state index < -0.39 is 23.9 Å². The topological polar surface area (TPSA) is 105 Å². The van der Waals surface area contributed by atoms with E-state index in [2.05, 4.69) is 0 Å². The van der Waals surface area contributed by atoms with Crippen molar-refractivity contribution in [2.75, 3.05) is 0 Å². The van der Waals surface area contributed by atoms with Crippen molar-refractivity contribution >= 4 is 23.9 Å². The lowest BCUT2D eigenvalue weighted by atomic mass is 10.1. The van der Waals surface area contributed by atoms with E-state index in [0.29, 0.717) is 11.5 Å². The molecule has 8 nitrogen and oxygen atoms in total. The molecule has 0 atom stereocenters. The van der Waals surface area contributed by atoms with Crippen molar-refractivity contribution < 1.29 is 38.1 Å². The molecule has 50 heavy (non-hydrogen) atoms. The predicted molar refractivity (Wildman–Crippen MR) is 187 cm³/mol. The maximum Gasteiger partial charge on any atom is 0.344 e. The lowest BCUT2D eigenvalue weighted by molar-refractivity contribution is 0.0425. The Labute approximate surface area is 289 Å². The molecule has 248 valence electrons. The Morgan fingerprint density at radius 2 is 0.580 bits per heavy atom. The molecule has 0 aliphatic heterocycles. The Bertz CT molecular complexity index is 1860.